The highest BCUT2D eigenvalue weighted by Gasteiger charge is 2.11. The number of carbonyl (C=O) groups is 1. The number of aromatic carboxylic acids is 1. The standard InChI is InChI=1S/C21H18N2O2/c1-14-3-8-19(15(2)11-14)20-13-23(12-17(20)9-10-22)18-6-4-16(5-7-18)21(24)25/h3-8,11-13H,22H2,1-2H3,(H,24,25). The third-order valence-electron chi connectivity index (χ3n) is 4.12. The number of benzene rings is 2. The lowest BCUT2D eigenvalue weighted by atomic mass is 9.98. The monoisotopic (exact) mass is 330 g/mol. The second-order valence-corrected chi connectivity index (χ2v) is 5.93. The van der Waals surface area contributed by atoms with Crippen molar-refractivity contribution in [1.82, 2.24) is 4.57 Å². The van der Waals surface area contributed by atoms with E-state index >= 15 is 0 Å². The lowest BCUT2D eigenvalue weighted by Crippen LogP contribution is -1.97. The Morgan fingerprint density at radius 3 is 2.36 bits per heavy atom. The van der Waals surface area contributed by atoms with Crippen LogP contribution < -0.4 is 5.73 Å². The van der Waals surface area contributed by atoms with Gasteiger partial charge in [0.2, 0.25) is 0 Å². The fourth-order valence-electron chi connectivity index (χ4n) is 2.89. The molecule has 0 bridgehead atoms. The second-order valence-electron chi connectivity index (χ2n) is 5.93. The molecule has 4 nitrogen and oxygen atoms in total. The van der Waals surface area contributed by atoms with E-state index in [1.807, 2.05) is 17.0 Å². The van der Waals surface area contributed by atoms with Crippen LogP contribution in [0.25, 0.3) is 16.8 Å². The molecule has 3 N–H and O–H groups in total. The second kappa shape index (κ2) is 6.58. The van der Waals surface area contributed by atoms with Gasteiger partial charge >= 0.3 is 5.97 Å². The van der Waals surface area contributed by atoms with Crippen LogP contribution in [0.15, 0.2) is 54.9 Å². The van der Waals surface area contributed by atoms with Gasteiger partial charge < -0.3 is 15.4 Å². The Hall–Kier alpha value is -3.45. The Morgan fingerprint density at radius 2 is 1.76 bits per heavy atom. The maximum Gasteiger partial charge on any atom is 0.335 e. The van der Waals surface area contributed by atoms with E-state index in [9.17, 15) is 4.79 Å². The van der Waals surface area contributed by atoms with E-state index < -0.39 is 5.97 Å². The molecule has 1 aromatic heterocycles. The van der Waals surface area contributed by atoms with Crippen LogP contribution in [0.5, 0.6) is 0 Å². The number of rotatable bonds is 3. The Balaban J connectivity index is 2.11. The molecule has 0 saturated carbocycles. The molecule has 0 amide bonds. The molecule has 124 valence electrons. The third kappa shape index (κ3) is 3.26. The fraction of sp³-hybridized carbons (Fsp3) is 0.0952. The maximum absolute atomic E-state index is 11.0. The summed E-state index contributed by atoms with van der Waals surface area (Å²) in [5.41, 5.74) is 11.9. The molecular weight excluding hydrogens is 312 g/mol. The lowest BCUT2D eigenvalue weighted by Gasteiger charge is -2.06. The van der Waals surface area contributed by atoms with Crippen molar-refractivity contribution in [3.8, 4) is 28.8 Å². The third-order valence-corrected chi connectivity index (χ3v) is 4.12. The molecule has 4 heteroatoms. The molecule has 0 aliphatic heterocycles. The number of aromatic nitrogens is 1. The minimum atomic E-state index is -0.940. The zero-order valence-corrected chi connectivity index (χ0v) is 14.1. The first-order chi connectivity index (χ1) is 12.0. The number of nitrogens with two attached hydrogens (primary N) is 1. The maximum atomic E-state index is 11.0. The average Bonchev–Trinajstić information content (AvgIpc) is 2.99. The molecule has 3 aromatic rings. The minimum Gasteiger partial charge on any atom is -0.478 e. The van der Waals surface area contributed by atoms with Gasteiger partial charge in [-0.2, -0.15) is 0 Å². The van der Waals surface area contributed by atoms with Crippen LogP contribution in [-0.4, -0.2) is 15.6 Å². The van der Waals surface area contributed by atoms with E-state index in [1.54, 1.807) is 24.3 Å². The van der Waals surface area contributed by atoms with Gasteiger partial charge in [-0.3, -0.25) is 0 Å². The van der Waals surface area contributed by atoms with Gasteiger partial charge in [-0.05, 0) is 55.2 Å². The Labute approximate surface area is 146 Å². The van der Waals surface area contributed by atoms with E-state index in [0.29, 0.717) is 0 Å². The number of hydrogen-bond acceptors (Lipinski definition) is 2. The van der Waals surface area contributed by atoms with Crippen LogP contribution in [0, 0.1) is 25.8 Å². The molecule has 0 atom stereocenters. The quantitative estimate of drug-likeness (QED) is 0.568. The lowest BCUT2D eigenvalue weighted by molar-refractivity contribution is 0.0697. The molecular formula is C21H18N2O2. The summed E-state index contributed by atoms with van der Waals surface area (Å²) in [6, 6.07) is 15.5. The first-order valence-corrected chi connectivity index (χ1v) is 7.84. The predicted octanol–water partition coefficient (Wildman–Crippen LogP) is 3.73. The van der Waals surface area contributed by atoms with Gasteiger partial charge in [-0.1, -0.05) is 23.8 Å². The highest BCUT2D eigenvalue weighted by molar-refractivity contribution is 5.87. The van der Waals surface area contributed by atoms with Crippen LogP contribution >= 0.6 is 0 Å². The average molecular weight is 330 g/mol. The summed E-state index contributed by atoms with van der Waals surface area (Å²) in [7, 11) is 0. The highest BCUT2D eigenvalue weighted by Crippen LogP contribution is 2.29. The number of carboxylic acids is 1. The smallest absolute Gasteiger partial charge is 0.335 e. The Kier molecular flexibility index (Phi) is 4.32. The van der Waals surface area contributed by atoms with Gasteiger partial charge in [0.05, 0.1) is 11.1 Å². The first kappa shape index (κ1) is 16.4. The summed E-state index contributed by atoms with van der Waals surface area (Å²) >= 11 is 0. The van der Waals surface area contributed by atoms with Crippen molar-refractivity contribution < 1.29 is 9.90 Å². The molecule has 0 aliphatic rings. The van der Waals surface area contributed by atoms with Crippen LogP contribution in [0.1, 0.15) is 27.0 Å². The largest absolute Gasteiger partial charge is 0.478 e. The summed E-state index contributed by atoms with van der Waals surface area (Å²) in [4.78, 5) is 11.0. The van der Waals surface area contributed by atoms with Gasteiger partial charge in [0.15, 0.2) is 0 Å². The Bertz CT molecular complexity index is 1000. The number of nitrogens with zero attached hydrogens (tertiary/aromatic N) is 1. The zero-order chi connectivity index (χ0) is 18.0. The van der Waals surface area contributed by atoms with Gasteiger partial charge in [-0.25, -0.2) is 4.79 Å². The van der Waals surface area contributed by atoms with Crippen LogP contribution in [0.3, 0.4) is 0 Å². The van der Waals surface area contributed by atoms with Gasteiger partial charge in [-0.15, -0.1) is 0 Å². The molecule has 0 radical (unpaired) electrons. The molecule has 2 aromatic carbocycles. The van der Waals surface area contributed by atoms with Crippen molar-refractivity contribution in [2.75, 3.05) is 0 Å². The topological polar surface area (TPSA) is 68.2 Å². The van der Waals surface area contributed by atoms with Crippen LogP contribution in [0.2, 0.25) is 0 Å². The van der Waals surface area contributed by atoms with Crippen molar-refractivity contribution in [2.45, 2.75) is 13.8 Å². The molecule has 0 aliphatic carbocycles. The summed E-state index contributed by atoms with van der Waals surface area (Å²) in [5.74, 6) is 2.01. The normalized spacial score (nSPS) is 10.2. The van der Waals surface area contributed by atoms with Crippen LogP contribution in [-0.2, 0) is 0 Å². The molecule has 1 heterocycles. The number of aryl methyl sites for hydroxylation is 2. The van der Waals surface area contributed by atoms with Crippen molar-refractivity contribution in [1.29, 1.82) is 0 Å². The van der Waals surface area contributed by atoms with Crippen molar-refractivity contribution >= 4 is 5.97 Å². The molecule has 0 spiro atoms. The van der Waals surface area contributed by atoms with Crippen molar-refractivity contribution in [2.24, 2.45) is 5.73 Å². The fourth-order valence-corrected chi connectivity index (χ4v) is 2.89. The van der Waals surface area contributed by atoms with E-state index in [2.05, 4.69) is 44.0 Å². The zero-order valence-electron chi connectivity index (χ0n) is 14.1. The van der Waals surface area contributed by atoms with E-state index in [-0.39, 0.29) is 5.56 Å². The van der Waals surface area contributed by atoms with Gasteiger partial charge in [0.1, 0.15) is 0 Å². The summed E-state index contributed by atoms with van der Waals surface area (Å²) in [5, 5.41) is 9.03. The van der Waals surface area contributed by atoms with Gasteiger partial charge in [0, 0.05) is 29.7 Å². The van der Waals surface area contributed by atoms with E-state index in [0.717, 1.165) is 22.4 Å². The molecule has 0 saturated heterocycles. The molecule has 0 unspecified atom stereocenters. The Morgan fingerprint density at radius 1 is 1.04 bits per heavy atom. The predicted molar refractivity (Wildman–Crippen MR) is 98.7 cm³/mol. The number of carboxylic acid groups (broad SMARTS) is 1. The minimum absolute atomic E-state index is 0.257. The molecule has 3 rings (SSSR count). The first-order valence-electron chi connectivity index (χ1n) is 7.84. The SMILES string of the molecule is Cc1ccc(-c2cn(-c3ccc(C(=O)O)cc3)cc2C#CN)c(C)c1. The number of hydrogen-bond donors (Lipinski definition) is 2. The van der Waals surface area contributed by atoms with Crippen molar-refractivity contribution in [3.63, 3.8) is 0 Å². The van der Waals surface area contributed by atoms with E-state index in [4.69, 9.17) is 10.8 Å². The highest BCUT2D eigenvalue weighted by atomic mass is 16.4. The summed E-state index contributed by atoms with van der Waals surface area (Å²) < 4.78 is 1.93. The molecule has 0 fully saturated rings. The van der Waals surface area contributed by atoms with Crippen LogP contribution in [0.4, 0.5) is 0 Å². The summed E-state index contributed by atoms with van der Waals surface area (Å²) in [6.45, 7) is 4.13. The summed E-state index contributed by atoms with van der Waals surface area (Å²) in [6.07, 6.45) is 3.90. The van der Waals surface area contributed by atoms with Crippen molar-refractivity contribution in [3.05, 3.63) is 77.1 Å². The van der Waals surface area contributed by atoms with Gasteiger partial charge in [0.25, 0.3) is 0 Å². The van der Waals surface area contributed by atoms with E-state index in [1.165, 1.54) is 11.1 Å². The molecule has 25 heavy (non-hydrogen) atoms.